The van der Waals surface area contributed by atoms with Gasteiger partial charge in [0, 0.05) is 28.3 Å². The van der Waals surface area contributed by atoms with E-state index in [-0.39, 0.29) is 12.6 Å². The van der Waals surface area contributed by atoms with Gasteiger partial charge in [0.1, 0.15) is 0 Å². The number of urea groups is 1. The van der Waals surface area contributed by atoms with E-state index in [1.807, 2.05) is 6.07 Å². The number of likely N-dealkylation sites (tertiary alicyclic amines) is 1. The summed E-state index contributed by atoms with van der Waals surface area (Å²) in [5.41, 5.74) is -0.216. The molecule has 23 heavy (non-hydrogen) atoms. The van der Waals surface area contributed by atoms with Crippen LogP contribution >= 0.6 is 23.4 Å². The molecule has 1 saturated heterocycles. The molecule has 1 aromatic rings. The molecular formula is C16H21ClN2O3S. The van der Waals surface area contributed by atoms with E-state index in [1.54, 1.807) is 35.7 Å². The van der Waals surface area contributed by atoms with Crippen LogP contribution in [0.3, 0.4) is 0 Å². The maximum Gasteiger partial charge on any atom is 0.321 e. The highest BCUT2D eigenvalue weighted by molar-refractivity contribution is 8.00. The first-order valence-electron chi connectivity index (χ1n) is 7.47. The van der Waals surface area contributed by atoms with Crippen molar-refractivity contribution >= 4 is 41.1 Å². The summed E-state index contributed by atoms with van der Waals surface area (Å²) in [6.07, 6.45) is 0.457. The summed E-state index contributed by atoms with van der Waals surface area (Å²) in [7, 11) is 0. The standard InChI is InChI=1S/C16H21ClN2O3S/c1-10(2)23-13-5-4-11(17)8-12(13)18-15(22)19-7-6-16(3,9-19)14(20)21/h4-5,8,10H,6-7,9H2,1-3H3,(H,18,22)(H,20,21). The molecule has 2 rings (SSSR count). The topological polar surface area (TPSA) is 69.6 Å². The lowest BCUT2D eigenvalue weighted by Crippen LogP contribution is -2.37. The van der Waals surface area contributed by atoms with Crippen molar-refractivity contribution in [3.05, 3.63) is 23.2 Å². The molecule has 1 unspecified atom stereocenters. The monoisotopic (exact) mass is 356 g/mol. The molecule has 2 N–H and O–H groups in total. The first-order chi connectivity index (χ1) is 10.7. The van der Waals surface area contributed by atoms with Gasteiger partial charge in [-0.2, -0.15) is 0 Å². The quantitative estimate of drug-likeness (QED) is 0.794. The molecule has 1 fully saturated rings. The SMILES string of the molecule is CC(C)Sc1ccc(Cl)cc1NC(=O)N1CCC(C)(C(=O)O)C1. The number of benzene rings is 1. The Morgan fingerprint density at radius 1 is 1.43 bits per heavy atom. The van der Waals surface area contributed by atoms with E-state index in [2.05, 4.69) is 19.2 Å². The van der Waals surface area contributed by atoms with Crippen LogP contribution in [0.25, 0.3) is 0 Å². The molecular weight excluding hydrogens is 336 g/mol. The minimum absolute atomic E-state index is 0.210. The van der Waals surface area contributed by atoms with Gasteiger partial charge in [-0.25, -0.2) is 4.79 Å². The van der Waals surface area contributed by atoms with Crippen LogP contribution in [-0.4, -0.2) is 40.3 Å². The summed E-state index contributed by atoms with van der Waals surface area (Å²) in [5.74, 6) is -0.869. The first kappa shape index (κ1) is 17.9. The second-order valence-corrected chi connectivity index (χ2v) is 8.33. The van der Waals surface area contributed by atoms with Crippen LogP contribution in [-0.2, 0) is 4.79 Å². The number of anilines is 1. The summed E-state index contributed by atoms with van der Waals surface area (Å²) >= 11 is 7.67. The summed E-state index contributed by atoms with van der Waals surface area (Å²) in [5, 5.41) is 13.0. The Labute approximate surface area is 145 Å². The van der Waals surface area contributed by atoms with Crippen LogP contribution in [0, 0.1) is 5.41 Å². The first-order valence-corrected chi connectivity index (χ1v) is 8.72. The largest absolute Gasteiger partial charge is 0.481 e. The van der Waals surface area contributed by atoms with E-state index < -0.39 is 11.4 Å². The molecule has 0 aliphatic carbocycles. The molecule has 7 heteroatoms. The Balaban J connectivity index is 2.12. The van der Waals surface area contributed by atoms with E-state index in [0.29, 0.717) is 28.9 Å². The van der Waals surface area contributed by atoms with E-state index in [9.17, 15) is 14.7 Å². The fourth-order valence-electron chi connectivity index (χ4n) is 2.46. The van der Waals surface area contributed by atoms with Crippen molar-refractivity contribution in [1.82, 2.24) is 4.90 Å². The van der Waals surface area contributed by atoms with Crippen molar-refractivity contribution in [2.45, 2.75) is 37.3 Å². The third-order valence-electron chi connectivity index (χ3n) is 3.82. The van der Waals surface area contributed by atoms with Gasteiger partial charge in [0.25, 0.3) is 0 Å². The van der Waals surface area contributed by atoms with E-state index in [0.717, 1.165) is 4.90 Å². The van der Waals surface area contributed by atoms with Crippen LogP contribution in [0.2, 0.25) is 5.02 Å². The normalized spacial score (nSPS) is 20.8. The summed E-state index contributed by atoms with van der Waals surface area (Å²) in [4.78, 5) is 26.2. The van der Waals surface area contributed by atoms with Gasteiger partial charge in [-0.15, -0.1) is 11.8 Å². The highest BCUT2D eigenvalue weighted by Crippen LogP contribution is 2.34. The lowest BCUT2D eigenvalue weighted by molar-refractivity contribution is -0.146. The van der Waals surface area contributed by atoms with Crippen molar-refractivity contribution in [1.29, 1.82) is 0 Å². The van der Waals surface area contributed by atoms with Crippen LogP contribution in [0.15, 0.2) is 23.1 Å². The molecule has 1 heterocycles. The molecule has 0 radical (unpaired) electrons. The zero-order chi connectivity index (χ0) is 17.2. The van der Waals surface area contributed by atoms with Gasteiger partial charge < -0.3 is 15.3 Å². The van der Waals surface area contributed by atoms with Gasteiger partial charge in [0.05, 0.1) is 11.1 Å². The lowest BCUT2D eigenvalue weighted by atomic mass is 9.90. The summed E-state index contributed by atoms with van der Waals surface area (Å²) in [6, 6.07) is 5.10. The number of halogens is 1. The molecule has 0 saturated carbocycles. The van der Waals surface area contributed by atoms with Gasteiger partial charge in [-0.3, -0.25) is 4.79 Å². The number of carbonyl (C=O) groups excluding carboxylic acids is 1. The van der Waals surface area contributed by atoms with Crippen molar-refractivity contribution in [3.8, 4) is 0 Å². The van der Waals surface area contributed by atoms with Crippen molar-refractivity contribution in [2.75, 3.05) is 18.4 Å². The maximum absolute atomic E-state index is 12.4. The minimum Gasteiger partial charge on any atom is -0.481 e. The van der Waals surface area contributed by atoms with Gasteiger partial charge in [-0.05, 0) is 31.5 Å². The Hall–Kier alpha value is -1.40. The summed E-state index contributed by atoms with van der Waals surface area (Å²) < 4.78 is 0. The van der Waals surface area contributed by atoms with Crippen LogP contribution in [0.5, 0.6) is 0 Å². The Bertz CT molecular complexity index is 623. The number of carbonyl (C=O) groups is 2. The molecule has 2 amide bonds. The van der Waals surface area contributed by atoms with Crippen LogP contribution < -0.4 is 5.32 Å². The molecule has 1 atom stereocenters. The fourth-order valence-corrected chi connectivity index (χ4v) is 3.52. The lowest BCUT2D eigenvalue weighted by Gasteiger charge is -2.21. The highest BCUT2D eigenvalue weighted by Gasteiger charge is 2.42. The average Bonchev–Trinajstić information content (AvgIpc) is 2.85. The van der Waals surface area contributed by atoms with Crippen LogP contribution in [0.4, 0.5) is 10.5 Å². The van der Waals surface area contributed by atoms with Gasteiger partial charge in [-0.1, -0.05) is 25.4 Å². The van der Waals surface area contributed by atoms with E-state index in [4.69, 9.17) is 11.6 Å². The number of carboxylic acids is 1. The molecule has 1 aromatic carbocycles. The van der Waals surface area contributed by atoms with Crippen molar-refractivity contribution in [3.63, 3.8) is 0 Å². The molecule has 1 aliphatic rings. The third-order valence-corrected chi connectivity index (χ3v) is 5.14. The third kappa shape index (κ3) is 4.32. The highest BCUT2D eigenvalue weighted by atomic mass is 35.5. The summed E-state index contributed by atoms with van der Waals surface area (Å²) in [6.45, 7) is 6.46. The molecule has 0 spiro atoms. The van der Waals surface area contributed by atoms with Gasteiger partial charge in [0.2, 0.25) is 0 Å². The zero-order valence-electron chi connectivity index (χ0n) is 13.4. The van der Waals surface area contributed by atoms with Crippen molar-refractivity contribution in [2.24, 2.45) is 5.41 Å². The average molecular weight is 357 g/mol. The maximum atomic E-state index is 12.4. The molecule has 5 nitrogen and oxygen atoms in total. The second-order valence-electron chi connectivity index (χ2n) is 6.27. The molecule has 0 bridgehead atoms. The van der Waals surface area contributed by atoms with E-state index in [1.165, 1.54) is 0 Å². The number of nitrogens with zero attached hydrogens (tertiary/aromatic N) is 1. The Morgan fingerprint density at radius 3 is 2.70 bits per heavy atom. The number of hydrogen-bond donors (Lipinski definition) is 2. The number of rotatable bonds is 4. The number of nitrogens with one attached hydrogen (secondary N) is 1. The van der Waals surface area contributed by atoms with Gasteiger partial charge in [0.15, 0.2) is 0 Å². The Kier molecular flexibility index (Phi) is 5.47. The number of amides is 2. The molecule has 126 valence electrons. The van der Waals surface area contributed by atoms with E-state index >= 15 is 0 Å². The molecule has 0 aromatic heterocycles. The minimum atomic E-state index is -0.874. The predicted octanol–water partition coefficient (Wildman–Crippen LogP) is 4.17. The Morgan fingerprint density at radius 2 is 2.13 bits per heavy atom. The number of hydrogen-bond acceptors (Lipinski definition) is 3. The number of aliphatic carboxylic acids is 1. The molecule has 1 aliphatic heterocycles. The fraction of sp³-hybridized carbons (Fsp3) is 0.500. The number of carboxylic acid groups (broad SMARTS) is 1. The number of thioether (sulfide) groups is 1. The predicted molar refractivity (Wildman–Crippen MR) is 93.4 cm³/mol. The van der Waals surface area contributed by atoms with Crippen LogP contribution in [0.1, 0.15) is 27.2 Å². The second kappa shape index (κ2) is 7.01. The van der Waals surface area contributed by atoms with Gasteiger partial charge >= 0.3 is 12.0 Å². The zero-order valence-corrected chi connectivity index (χ0v) is 15.0. The smallest absolute Gasteiger partial charge is 0.321 e. The van der Waals surface area contributed by atoms with Crippen molar-refractivity contribution < 1.29 is 14.7 Å².